The second kappa shape index (κ2) is 8.71. The predicted octanol–water partition coefficient (Wildman–Crippen LogP) is 5.45. The Labute approximate surface area is 171 Å². The lowest BCUT2D eigenvalue weighted by molar-refractivity contribution is -0.121. The first kappa shape index (κ1) is 19.0. The summed E-state index contributed by atoms with van der Waals surface area (Å²) in [6.45, 7) is 2.35. The fourth-order valence-corrected chi connectivity index (χ4v) is 3.97. The number of hydrogen-bond donors (Lipinski definition) is 1. The lowest BCUT2D eigenvalue weighted by atomic mass is 9.96. The van der Waals surface area contributed by atoms with E-state index in [1.165, 1.54) is 0 Å². The third-order valence-corrected chi connectivity index (χ3v) is 5.86. The van der Waals surface area contributed by atoms with Gasteiger partial charge in [-0.2, -0.15) is 0 Å². The molecule has 1 heterocycles. The van der Waals surface area contributed by atoms with Crippen molar-refractivity contribution in [3.63, 3.8) is 0 Å². The first-order chi connectivity index (χ1) is 12.0. The van der Waals surface area contributed by atoms with Gasteiger partial charge in [0.15, 0.2) is 0 Å². The summed E-state index contributed by atoms with van der Waals surface area (Å²) in [6, 6.07) is 13.4. The van der Waals surface area contributed by atoms with Crippen LogP contribution in [0.3, 0.4) is 0 Å². The zero-order chi connectivity index (χ0) is 17.8. The van der Waals surface area contributed by atoms with Crippen LogP contribution in [0.5, 0.6) is 0 Å². The molecule has 1 saturated heterocycles. The number of nitrogens with one attached hydrogen (secondary N) is 1. The van der Waals surface area contributed by atoms with Crippen LogP contribution < -0.4 is 5.32 Å². The molecule has 25 heavy (non-hydrogen) atoms. The number of hydrogen-bond acceptors (Lipinski definition) is 2. The number of halogens is 3. The number of nitrogens with zero attached hydrogens (tertiary/aromatic N) is 1. The summed E-state index contributed by atoms with van der Waals surface area (Å²) >= 11 is 14.8. The Balaban J connectivity index is 1.62. The predicted molar refractivity (Wildman–Crippen MR) is 112 cm³/mol. The lowest BCUT2D eigenvalue weighted by Gasteiger charge is -2.32. The molecule has 3 rings (SSSR count). The van der Waals surface area contributed by atoms with E-state index in [9.17, 15) is 4.79 Å². The van der Waals surface area contributed by atoms with Crippen molar-refractivity contribution in [1.82, 2.24) is 4.90 Å². The fraction of sp³-hybridized carbons (Fsp3) is 0.316. The van der Waals surface area contributed by atoms with Crippen LogP contribution in [0.15, 0.2) is 42.5 Å². The van der Waals surface area contributed by atoms with E-state index in [0.29, 0.717) is 16.6 Å². The highest BCUT2D eigenvalue weighted by Crippen LogP contribution is 2.28. The average Bonchev–Trinajstić information content (AvgIpc) is 2.60. The van der Waals surface area contributed by atoms with Crippen LogP contribution >= 0.6 is 45.8 Å². The summed E-state index contributed by atoms with van der Waals surface area (Å²) in [5.41, 5.74) is 1.78. The van der Waals surface area contributed by atoms with Crippen molar-refractivity contribution < 1.29 is 4.79 Å². The SMILES string of the molecule is O=C(Nc1ccc(I)cc1)[C@H]1CCCN(Cc2c(Cl)cccc2Cl)C1. The Bertz CT molecular complexity index is 731. The molecule has 1 aliphatic rings. The number of anilines is 1. The molecule has 0 bridgehead atoms. The molecule has 132 valence electrons. The maximum Gasteiger partial charge on any atom is 0.228 e. The van der Waals surface area contributed by atoms with E-state index >= 15 is 0 Å². The normalized spacial score (nSPS) is 18.1. The Hall–Kier alpha value is -0.820. The van der Waals surface area contributed by atoms with Gasteiger partial charge < -0.3 is 5.32 Å². The van der Waals surface area contributed by atoms with Gasteiger partial charge in [0.05, 0.1) is 5.92 Å². The molecule has 0 saturated carbocycles. The van der Waals surface area contributed by atoms with Crippen LogP contribution in [-0.4, -0.2) is 23.9 Å². The number of amides is 1. The number of piperidine rings is 1. The molecule has 2 aromatic carbocycles. The summed E-state index contributed by atoms with van der Waals surface area (Å²) in [5.74, 6) is 0.0606. The Morgan fingerprint density at radius 2 is 1.84 bits per heavy atom. The number of benzene rings is 2. The molecule has 1 fully saturated rings. The minimum absolute atomic E-state index is 0.0192. The molecule has 2 aromatic rings. The zero-order valence-electron chi connectivity index (χ0n) is 13.6. The van der Waals surface area contributed by atoms with Gasteiger partial charge in [0, 0.05) is 38.0 Å². The van der Waals surface area contributed by atoms with E-state index in [1.807, 2.05) is 42.5 Å². The van der Waals surface area contributed by atoms with E-state index in [1.54, 1.807) is 0 Å². The zero-order valence-corrected chi connectivity index (χ0v) is 17.3. The standard InChI is InChI=1S/C19H19Cl2IN2O/c20-17-4-1-5-18(21)16(17)12-24-10-2-3-13(11-24)19(25)23-15-8-6-14(22)7-9-15/h1,4-9,13H,2-3,10-12H2,(H,23,25)/t13-/m0/s1. The minimum Gasteiger partial charge on any atom is -0.326 e. The van der Waals surface area contributed by atoms with Gasteiger partial charge >= 0.3 is 0 Å². The molecule has 0 spiro atoms. The first-order valence-electron chi connectivity index (χ1n) is 8.24. The number of likely N-dealkylation sites (tertiary alicyclic amines) is 1. The highest BCUT2D eigenvalue weighted by molar-refractivity contribution is 14.1. The lowest BCUT2D eigenvalue weighted by Crippen LogP contribution is -2.40. The Morgan fingerprint density at radius 1 is 1.16 bits per heavy atom. The van der Waals surface area contributed by atoms with Crippen LogP contribution in [0.25, 0.3) is 0 Å². The van der Waals surface area contributed by atoms with E-state index in [4.69, 9.17) is 23.2 Å². The third kappa shape index (κ3) is 5.09. The molecule has 6 heteroatoms. The van der Waals surface area contributed by atoms with Crippen molar-refractivity contribution in [2.75, 3.05) is 18.4 Å². The molecule has 1 aliphatic heterocycles. The van der Waals surface area contributed by atoms with Crippen LogP contribution in [0.4, 0.5) is 5.69 Å². The van der Waals surface area contributed by atoms with E-state index in [0.717, 1.165) is 40.8 Å². The van der Waals surface area contributed by atoms with Crippen molar-refractivity contribution in [3.8, 4) is 0 Å². The molecule has 0 unspecified atom stereocenters. The quantitative estimate of drug-likeness (QED) is 0.580. The number of carbonyl (C=O) groups excluding carboxylic acids is 1. The molecule has 0 radical (unpaired) electrons. The van der Waals surface area contributed by atoms with Crippen molar-refractivity contribution >= 4 is 57.4 Å². The van der Waals surface area contributed by atoms with E-state index in [2.05, 4.69) is 32.8 Å². The molecular formula is C19H19Cl2IN2O. The smallest absolute Gasteiger partial charge is 0.228 e. The van der Waals surface area contributed by atoms with Crippen molar-refractivity contribution in [2.24, 2.45) is 5.92 Å². The molecule has 1 amide bonds. The van der Waals surface area contributed by atoms with Crippen LogP contribution in [0.2, 0.25) is 10.0 Å². The number of carbonyl (C=O) groups is 1. The molecule has 1 atom stereocenters. The highest BCUT2D eigenvalue weighted by Gasteiger charge is 2.26. The second-order valence-corrected chi connectivity index (χ2v) is 8.33. The maximum atomic E-state index is 12.6. The summed E-state index contributed by atoms with van der Waals surface area (Å²) in [7, 11) is 0. The topological polar surface area (TPSA) is 32.3 Å². The van der Waals surface area contributed by atoms with Crippen LogP contribution in [0.1, 0.15) is 18.4 Å². The van der Waals surface area contributed by atoms with Crippen molar-refractivity contribution in [3.05, 3.63) is 61.6 Å². The minimum atomic E-state index is -0.0192. The largest absolute Gasteiger partial charge is 0.326 e. The van der Waals surface area contributed by atoms with E-state index in [-0.39, 0.29) is 11.8 Å². The van der Waals surface area contributed by atoms with Gasteiger partial charge in [-0.15, -0.1) is 0 Å². The van der Waals surface area contributed by atoms with Gasteiger partial charge in [-0.05, 0) is 78.4 Å². The van der Waals surface area contributed by atoms with Gasteiger partial charge in [0.1, 0.15) is 0 Å². The molecule has 3 nitrogen and oxygen atoms in total. The molecule has 0 aliphatic carbocycles. The Kier molecular flexibility index (Phi) is 6.61. The van der Waals surface area contributed by atoms with Crippen molar-refractivity contribution in [2.45, 2.75) is 19.4 Å². The summed E-state index contributed by atoms with van der Waals surface area (Å²) in [6.07, 6.45) is 1.90. The number of rotatable bonds is 4. The van der Waals surface area contributed by atoms with Gasteiger partial charge in [-0.1, -0.05) is 29.3 Å². The average molecular weight is 489 g/mol. The summed E-state index contributed by atoms with van der Waals surface area (Å²) in [5, 5.41) is 4.38. The van der Waals surface area contributed by atoms with Crippen LogP contribution in [0, 0.1) is 9.49 Å². The summed E-state index contributed by atoms with van der Waals surface area (Å²) in [4.78, 5) is 14.9. The third-order valence-electron chi connectivity index (χ3n) is 4.43. The van der Waals surface area contributed by atoms with Crippen molar-refractivity contribution in [1.29, 1.82) is 0 Å². The molecule has 1 N–H and O–H groups in total. The van der Waals surface area contributed by atoms with E-state index < -0.39 is 0 Å². The monoisotopic (exact) mass is 488 g/mol. The molecule has 0 aromatic heterocycles. The highest BCUT2D eigenvalue weighted by atomic mass is 127. The second-order valence-electron chi connectivity index (χ2n) is 6.27. The first-order valence-corrected chi connectivity index (χ1v) is 10.1. The maximum absolute atomic E-state index is 12.6. The van der Waals surface area contributed by atoms with Gasteiger partial charge in [0.2, 0.25) is 5.91 Å². The van der Waals surface area contributed by atoms with Crippen LogP contribution in [-0.2, 0) is 11.3 Å². The Morgan fingerprint density at radius 3 is 2.52 bits per heavy atom. The summed E-state index contributed by atoms with van der Waals surface area (Å²) < 4.78 is 1.15. The van der Waals surface area contributed by atoms with Gasteiger partial charge in [-0.3, -0.25) is 9.69 Å². The fourth-order valence-electron chi connectivity index (χ4n) is 3.10. The van der Waals surface area contributed by atoms with Gasteiger partial charge in [-0.25, -0.2) is 0 Å². The van der Waals surface area contributed by atoms with Gasteiger partial charge in [0.25, 0.3) is 0 Å². The molecular weight excluding hydrogens is 470 g/mol.